The van der Waals surface area contributed by atoms with Gasteiger partial charge in [0.05, 0.1) is 0 Å². The molecule has 1 aromatic heterocycles. The molecular weight excluding hydrogens is 677 g/mol. The summed E-state index contributed by atoms with van der Waals surface area (Å²) in [5, 5.41) is 6.28. The summed E-state index contributed by atoms with van der Waals surface area (Å²) in [5.74, 6) is 1.14. The van der Waals surface area contributed by atoms with E-state index in [1.165, 1.54) is 0 Å². The SMILES string of the molecule is CC.C[CH-]C(C)(C)C(C)(C)[C-](C)C(C)(C)CS(N)(=O)=O.Cc1c[c-]c2ccccc2n1.[W+2].[Y]. The number of sulfonamides is 1. The Kier molecular flexibility index (Phi) is 17.7. The Morgan fingerprint density at radius 2 is 1.58 bits per heavy atom. The number of pyridine rings is 1. The van der Waals surface area contributed by atoms with Crippen LogP contribution >= 0.6 is 0 Å². The number of nitrogens with two attached hydrogens (primary N) is 1. The van der Waals surface area contributed by atoms with Gasteiger partial charge in [-0.2, -0.15) is 24.7 Å². The van der Waals surface area contributed by atoms with Gasteiger partial charge in [0, 0.05) is 38.5 Å². The molecule has 0 saturated carbocycles. The van der Waals surface area contributed by atoms with Crippen LogP contribution in [0.4, 0.5) is 0 Å². The normalized spacial score (nSPS) is 11.9. The Hall–Kier alpha value is 0.332. The maximum Gasteiger partial charge on any atom is 2.00 e. The van der Waals surface area contributed by atoms with Crippen molar-refractivity contribution in [2.45, 2.75) is 76.2 Å². The van der Waals surface area contributed by atoms with E-state index in [9.17, 15) is 8.42 Å². The molecule has 2 rings (SSSR count). The molecule has 1 heterocycles. The number of benzene rings is 1. The van der Waals surface area contributed by atoms with Crippen LogP contribution < -0.4 is 5.14 Å². The van der Waals surface area contributed by atoms with Crippen molar-refractivity contribution in [3.63, 3.8) is 0 Å². The minimum Gasteiger partial charge on any atom is -0.349 e. The number of rotatable bonds is 6. The number of hydrogen-bond acceptors (Lipinski definition) is 3. The average molecular weight is 720 g/mol. The second-order valence-electron chi connectivity index (χ2n) is 9.51. The second-order valence-corrected chi connectivity index (χ2v) is 11.1. The molecule has 0 atom stereocenters. The number of nitrogens with zero attached hydrogens (tertiary/aromatic N) is 1. The molecule has 2 aromatic rings. The van der Waals surface area contributed by atoms with E-state index in [2.05, 4.69) is 45.2 Å². The molecule has 4 nitrogen and oxygen atoms in total. The van der Waals surface area contributed by atoms with Gasteiger partial charge in [-0.15, -0.1) is 35.1 Å². The predicted molar refractivity (Wildman–Crippen MR) is 135 cm³/mol. The first-order valence-electron chi connectivity index (χ1n) is 10.9. The van der Waals surface area contributed by atoms with E-state index in [4.69, 9.17) is 5.14 Å². The van der Waals surface area contributed by atoms with Crippen LogP contribution in [0.5, 0.6) is 0 Å². The molecule has 1 aromatic carbocycles. The van der Waals surface area contributed by atoms with Gasteiger partial charge in [0.25, 0.3) is 0 Å². The first-order valence-corrected chi connectivity index (χ1v) is 12.6. The number of aromatic nitrogens is 1. The van der Waals surface area contributed by atoms with Crippen LogP contribution in [0.15, 0.2) is 30.3 Å². The van der Waals surface area contributed by atoms with E-state index < -0.39 is 15.4 Å². The van der Waals surface area contributed by atoms with Gasteiger partial charge >= 0.3 is 21.1 Å². The maximum absolute atomic E-state index is 11.4. The van der Waals surface area contributed by atoms with Gasteiger partial charge in [-0.25, -0.2) is 13.6 Å². The second kappa shape index (κ2) is 15.4. The van der Waals surface area contributed by atoms with Crippen molar-refractivity contribution in [3.8, 4) is 0 Å². The Morgan fingerprint density at radius 3 is 2.03 bits per heavy atom. The van der Waals surface area contributed by atoms with Crippen LogP contribution in [0.2, 0.25) is 0 Å². The van der Waals surface area contributed by atoms with Crippen LogP contribution in [0.3, 0.4) is 0 Å². The topological polar surface area (TPSA) is 73.1 Å². The molecule has 0 aliphatic carbocycles. The average Bonchev–Trinajstić information content (AvgIpc) is 2.67. The molecule has 0 bridgehead atoms. The molecular formula is C26H43N2O2SWY-. The fourth-order valence-electron chi connectivity index (χ4n) is 3.40. The molecule has 0 saturated heterocycles. The maximum atomic E-state index is 11.4. The minimum absolute atomic E-state index is 0. The zero-order valence-electron chi connectivity index (χ0n) is 22.4. The van der Waals surface area contributed by atoms with Crippen LogP contribution in [0.1, 0.15) is 74.9 Å². The third-order valence-electron chi connectivity index (χ3n) is 6.48. The van der Waals surface area contributed by atoms with Gasteiger partial charge in [-0.05, 0) is 11.2 Å². The van der Waals surface area contributed by atoms with Gasteiger partial charge < -0.3 is 17.3 Å². The summed E-state index contributed by atoms with van der Waals surface area (Å²) in [5.41, 5.74) is 1.50. The molecule has 0 aliphatic rings. The van der Waals surface area contributed by atoms with Crippen molar-refractivity contribution in [1.29, 1.82) is 0 Å². The minimum atomic E-state index is -3.47. The van der Waals surface area contributed by atoms with E-state index in [1.807, 2.05) is 78.8 Å². The van der Waals surface area contributed by atoms with Crippen LogP contribution in [-0.4, -0.2) is 19.2 Å². The zero-order valence-corrected chi connectivity index (χ0v) is 29.0. The number of aryl methyl sites for hydroxylation is 1. The first-order chi connectivity index (χ1) is 14.0. The summed E-state index contributed by atoms with van der Waals surface area (Å²) >= 11 is 0. The van der Waals surface area contributed by atoms with Gasteiger partial charge in [0.1, 0.15) is 0 Å². The molecule has 7 heteroatoms. The molecule has 1 radical (unpaired) electrons. The molecule has 0 spiro atoms. The van der Waals surface area contributed by atoms with Gasteiger partial charge in [-0.1, -0.05) is 74.4 Å². The molecule has 33 heavy (non-hydrogen) atoms. The summed E-state index contributed by atoms with van der Waals surface area (Å²) in [4.78, 5) is 4.34. The summed E-state index contributed by atoms with van der Waals surface area (Å²) in [7, 11) is -3.47. The smallest absolute Gasteiger partial charge is 0.349 e. The Balaban J connectivity index is -0.000000513. The van der Waals surface area contributed by atoms with Crippen molar-refractivity contribution in [1.82, 2.24) is 4.98 Å². The Bertz CT molecular complexity index is 929. The fourth-order valence-corrected chi connectivity index (χ4v) is 4.62. The third kappa shape index (κ3) is 11.7. The van der Waals surface area contributed by atoms with E-state index in [0.717, 1.165) is 22.5 Å². The summed E-state index contributed by atoms with van der Waals surface area (Å²) < 4.78 is 22.7. The molecule has 185 valence electrons. The number of hydrogen-bond donors (Lipinski definition) is 1. The van der Waals surface area contributed by atoms with Crippen molar-refractivity contribution in [2.24, 2.45) is 21.4 Å². The summed E-state index contributed by atoms with van der Waals surface area (Å²) in [6, 6.07) is 13.1. The molecule has 0 unspecified atom stereocenters. The molecule has 2 N–H and O–H groups in total. The fraction of sp³-hybridized carbons (Fsp3) is 0.577. The largest absolute Gasteiger partial charge is 2.00 e. The van der Waals surface area contributed by atoms with Crippen LogP contribution in [0, 0.1) is 41.6 Å². The quantitative estimate of drug-likeness (QED) is 0.345. The van der Waals surface area contributed by atoms with Crippen molar-refractivity contribution < 1.29 is 62.2 Å². The molecule has 0 aliphatic heterocycles. The zero-order chi connectivity index (χ0) is 24.7. The van der Waals surface area contributed by atoms with E-state index in [1.54, 1.807) is 0 Å². The van der Waals surface area contributed by atoms with E-state index in [-0.39, 0.29) is 70.4 Å². The van der Waals surface area contributed by atoms with Crippen LogP contribution in [-0.2, 0) is 63.8 Å². The van der Waals surface area contributed by atoms with Gasteiger partial charge in [0.15, 0.2) is 0 Å². The van der Waals surface area contributed by atoms with Crippen LogP contribution in [0.25, 0.3) is 10.9 Å². The molecule has 0 amide bonds. The first kappa shape index (κ1) is 37.9. The predicted octanol–water partition coefficient (Wildman–Crippen LogP) is 6.54. The van der Waals surface area contributed by atoms with Crippen molar-refractivity contribution in [3.05, 3.63) is 54.4 Å². The Labute approximate surface area is 243 Å². The number of fused-ring (bicyclic) bond motifs is 1. The monoisotopic (exact) mass is 720 g/mol. The van der Waals surface area contributed by atoms with Gasteiger partial charge in [0.2, 0.25) is 10.0 Å². The standard InChI is InChI=1S/C14H29NO2S.C10H8N.C2H6.W.Y/c1-9-13(5,6)14(7,8)11(2)12(3,4)10-18(15,16)17;1-8-6-7-9-4-2-3-5-10(9)11-8;1-2;;/h9H,10H2,1-8H3,(H2,15,16,17);2-6H,1H3;1-2H3;;/q-2;-1;;+2;. The Morgan fingerprint density at radius 1 is 1.09 bits per heavy atom. The number of para-hydroxylation sites is 1. The summed E-state index contributed by atoms with van der Waals surface area (Å²) in [6.45, 7) is 22.6. The summed E-state index contributed by atoms with van der Waals surface area (Å²) in [6.07, 6.45) is 2.17. The third-order valence-corrected chi connectivity index (χ3v) is 7.61. The van der Waals surface area contributed by atoms with Crippen molar-refractivity contribution in [2.75, 3.05) is 5.75 Å². The van der Waals surface area contributed by atoms with E-state index in [0.29, 0.717) is 0 Å². The molecule has 0 fully saturated rings. The van der Waals surface area contributed by atoms with E-state index >= 15 is 0 Å². The van der Waals surface area contributed by atoms with Crippen molar-refractivity contribution >= 4 is 20.9 Å². The number of primary sulfonamides is 1. The van der Waals surface area contributed by atoms with Gasteiger partial charge in [-0.3, -0.25) is 0 Å².